The summed E-state index contributed by atoms with van der Waals surface area (Å²) in [5.41, 5.74) is 2.21. The Morgan fingerprint density at radius 2 is 1.61 bits per heavy atom. The van der Waals surface area contributed by atoms with Crippen molar-refractivity contribution in [3.05, 3.63) is 65.7 Å². The van der Waals surface area contributed by atoms with E-state index >= 15 is 0 Å². The van der Waals surface area contributed by atoms with E-state index in [2.05, 4.69) is 42.2 Å². The highest BCUT2D eigenvalue weighted by atomic mass is 16.5. The lowest BCUT2D eigenvalue weighted by atomic mass is 9.97. The first kappa shape index (κ1) is 21.9. The highest BCUT2D eigenvalue weighted by Crippen LogP contribution is 2.23. The van der Waals surface area contributed by atoms with Gasteiger partial charge in [0, 0.05) is 31.7 Å². The van der Waals surface area contributed by atoms with Gasteiger partial charge in [0.05, 0.1) is 0 Å². The molecule has 4 heteroatoms. The number of rotatable bonds is 7. The minimum atomic E-state index is 0.157. The molecule has 0 N–H and O–H groups in total. The molecule has 2 aliphatic heterocycles. The van der Waals surface area contributed by atoms with Gasteiger partial charge in [-0.15, -0.1) is 0 Å². The van der Waals surface area contributed by atoms with Crippen molar-refractivity contribution in [2.24, 2.45) is 0 Å². The molecule has 2 aromatic rings. The second kappa shape index (κ2) is 10.8. The summed E-state index contributed by atoms with van der Waals surface area (Å²) in [7, 11) is 0. The van der Waals surface area contributed by atoms with E-state index in [0.29, 0.717) is 5.92 Å². The van der Waals surface area contributed by atoms with Gasteiger partial charge in [-0.05, 0) is 80.8 Å². The van der Waals surface area contributed by atoms with Crippen molar-refractivity contribution in [1.29, 1.82) is 0 Å². The number of piperidine rings is 2. The molecule has 0 saturated carbocycles. The van der Waals surface area contributed by atoms with Gasteiger partial charge in [0.15, 0.2) is 0 Å². The molecule has 2 aliphatic rings. The maximum atomic E-state index is 12.6. The van der Waals surface area contributed by atoms with Gasteiger partial charge in [0.25, 0.3) is 5.91 Å². The van der Waals surface area contributed by atoms with Gasteiger partial charge in [-0.1, -0.05) is 37.3 Å². The largest absolute Gasteiger partial charge is 0.490 e. The van der Waals surface area contributed by atoms with E-state index in [1.165, 1.54) is 18.4 Å². The molecule has 2 heterocycles. The molecule has 0 aliphatic carbocycles. The summed E-state index contributed by atoms with van der Waals surface area (Å²) in [6.45, 7) is 7.44. The van der Waals surface area contributed by atoms with Gasteiger partial charge in [-0.3, -0.25) is 4.79 Å². The van der Waals surface area contributed by atoms with Gasteiger partial charge >= 0.3 is 0 Å². The fourth-order valence-electron chi connectivity index (χ4n) is 4.72. The molecule has 0 bridgehead atoms. The molecule has 2 fully saturated rings. The fourth-order valence-corrected chi connectivity index (χ4v) is 4.72. The van der Waals surface area contributed by atoms with Crippen LogP contribution in [0.5, 0.6) is 5.75 Å². The molecule has 0 radical (unpaired) electrons. The Labute approximate surface area is 187 Å². The lowest BCUT2D eigenvalue weighted by Gasteiger charge is -2.32. The topological polar surface area (TPSA) is 32.8 Å². The number of likely N-dealkylation sites (tertiary alicyclic amines) is 2. The molecule has 2 aromatic carbocycles. The van der Waals surface area contributed by atoms with Crippen molar-refractivity contribution >= 4 is 5.91 Å². The highest BCUT2D eigenvalue weighted by molar-refractivity contribution is 5.94. The standard InChI is InChI=1S/C27H36N2O2/c1-22(23-8-4-2-5-9-23)14-19-28-20-15-26(16-21-28)31-25-12-10-24(11-13-25)27(30)29-17-6-3-7-18-29/h2,4-5,8-13,22,26H,3,6-7,14-21H2,1H3. The van der Waals surface area contributed by atoms with Crippen molar-refractivity contribution in [2.45, 2.75) is 57.5 Å². The molecule has 1 atom stereocenters. The first-order valence-electron chi connectivity index (χ1n) is 12.0. The van der Waals surface area contributed by atoms with Crippen LogP contribution in [0.1, 0.15) is 67.3 Å². The second-order valence-electron chi connectivity index (χ2n) is 9.14. The Balaban J connectivity index is 1.19. The molecule has 4 rings (SSSR count). The highest BCUT2D eigenvalue weighted by Gasteiger charge is 2.22. The smallest absolute Gasteiger partial charge is 0.253 e. The molecule has 4 nitrogen and oxygen atoms in total. The van der Waals surface area contributed by atoms with Crippen LogP contribution in [0.4, 0.5) is 0 Å². The minimum Gasteiger partial charge on any atom is -0.490 e. The average molecular weight is 421 g/mol. The first-order valence-corrected chi connectivity index (χ1v) is 12.0. The third-order valence-electron chi connectivity index (χ3n) is 6.83. The number of carbonyl (C=O) groups is 1. The van der Waals surface area contributed by atoms with Crippen LogP contribution in [-0.2, 0) is 0 Å². The Bertz CT molecular complexity index is 807. The van der Waals surface area contributed by atoms with Crippen LogP contribution in [0.25, 0.3) is 0 Å². The molecule has 166 valence electrons. The summed E-state index contributed by atoms with van der Waals surface area (Å²) >= 11 is 0. The third-order valence-corrected chi connectivity index (χ3v) is 6.83. The van der Waals surface area contributed by atoms with E-state index in [0.717, 1.165) is 69.7 Å². The summed E-state index contributed by atoms with van der Waals surface area (Å²) in [4.78, 5) is 17.2. The van der Waals surface area contributed by atoms with Crippen molar-refractivity contribution in [3.8, 4) is 5.75 Å². The van der Waals surface area contributed by atoms with E-state index in [4.69, 9.17) is 4.74 Å². The zero-order valence-corrected chi connectivity index (χ0v) is 18.8. The molecular weight excluding hydrogens is 384 g/mol. The van der Waals surface area contributed by atoms with Crippen LogP contribution in [0.2, 0.25) is 0 Å². The first-order chi connectivity index (χ1) is 15.2. The number of amides is 1. The molecule has 1 unspecified atom stereocenters. The number of hydrogen-bond donors (Lipinski definition) is 0. The quantitative estimate of drug-likeness (QED) is 0.605. The Morgan fingerprint density at radius 3 is 2.29 bits per heavy atom. The summed E-state index contributed by atoms with van der Waals surface area (Å²) in [6, 6.07) is 18.6. The Morgan fingerprint density at radius 1 is 0.935 bits per heavy atom. The molecule has 0 aromatic heterocycles. The summed E-state index contributed by atoms with van der Waals surface area (Å²) < 4.78 is 6.23. The number of benzene rings is 2. The average Bonchev–Trinajstić information content (AvgIpc) is 2.84. The SMILES string of the molecule is CC(CCN1CCC(Oc2ccc(C(=O)N3CCCCC3)cc2)CC1)c1ccccc1. The van der Waals surface area contributed by atoms with E-state index in [-0.39, 0.29) is 12.0 Å². The Hall–Kier alpha value is -2.33. The van der Waals surface area contributed by atoms with E-state index in [1.807, 2.05) is 29.2 Å². The van der Waals surface area contributed by atoms with Crippen LogP contribution in [0, 0.1) is 0 Å². The summed E-state index contributed by atoms with van der Waals surface area (Å²) in [5, 5.41) is 0. The Kier molecular flexibility index (Phi) is 7.63. The molecular formula is C27H36N2O2. The third kappa shape index (κ3) is 6.10. The molecule has 1 amide bonds. The normalized spacial score (nSPS) is 19.2. The zero-order chi connectivity index (χ0) is 21.5. The number of nitrogens with zero attached hydrogens (tertiary/aromatic N) is 2. The predicted octanol–water partition coefficient (Wildman–Crippen LogP) is 5.35. The monoisotopic (exact) mass is 420 g/mol. The van der Waals surface area contributed by atoms with Gasteiger partial charge in [-0.25, -0.2) is 0 Å². The lowest BCUT2D eigenvalue weighted by molar-refractivity contribution is 0.0724. The summed E-state index contributed by atoms with van der Waals surface area (Å²) in [6.07, 6.45) is 7.07. The van der Waals surface area contributed by atoms with E-state index < -0.39 is 0 Å². The van der Waals surface area contributed by atoms with Crippen molar-refractivity contribution in [2.75, 3.05) is 32.7 Å². The van der Waals surface area contributed by atoms with Gasteiger partial charge in [-0.2, -0.15) is 0 Å². The van der Waals surface area contributed by atoms with E-state index in [9.17, 15) is 4.79 Å². The maximum Gasteiger partial charge on any atom is 0.253 e. The molecule has 0 spiro atoms. The van der Waals surface area contributed by atoms with Crippen LogP contribution in [-0.4, -0.2) is 54.5 Å². The number of hydrogen-bond acceptors (Lipinski definition) is 3. The van der Waals surface area contributed by atoms with Gasteiger partial charge < -0.3 is 14.5 Å². The van der Waals surface area contributed by atoms with Crippen LogP contribution >= 0.6 is 0 Å². The van der Waals surface area contributed by atoms with Crippen LogP contribution in [0.3, 0.4) is 0 Å². The molecule has 31 heavy (non-hydrogen) atoms. The van der Waals surface area contributed by atoms with Gasteiger partial charge in [0.2, 0.25) is 0 Å². The van der Waals surface area contributed by atoms with Crippen molar-refractivity contribution in [1.82, 2.24) is 9.80 Å². The molecule has 2 saturated heterocycles. The predicted molar refractivity (Wildman–Crippen MR) is 126 cm³/mol. The summed E-state index contributed by atoms with van der Waals surface area (Å²) in [5.74, 6) is 1.64. The van der Waals surface area contributed by atoms with Crippen molar-refractivity contribution in [3.63, 3.8) is 0 Å². The number of carbonyl (C=O) groups excluding carboxylic acids is 1. The maximum absolute atomic E-state index is 12.6. The second-order valence-corrected chi connectivity index (χ2v) is 9.14. The van der Waals surface area contributed by atoms with E-state index in [1.54, 1.807) is 0 Å². The zero-order valence-electron chi connectivity index (χ0n) is 18.8. The number of ether oxygens (including phenoxy) is 1. The van der Waals surface area contributed by atoms with Gasteiger partial charge in [0.1, 0.15) is 11.9 Å². The van der Waals surface area contributed by atoms with Crippen LogP contribution in [0.15, 0.2) is 54.6 Å². The lowest BCUT2D eigenvalue weighted by Crippen LogP contribution is -2.39. The van der Waals surface area contributed by atoms with Crippen molar-refractivity contribution < 1.29 is 9.53 Å². The fraction of sp³-hybridized carbons (Fsp3) is 0.519. The minimum absolute atomic E-state index is 0.157. The van der Waals surface area contributed by atoms with Crippen LogP contribution < -0.4 is 4.74 Å².